The van der Waals surface area contributed by atoms with E-state index in [1.807, 2.05) is 43.3 Å². The van der Waals surface area contributed by atoms with Crippen molar-refractivity contribution in [2.45, 2.75) is 37.6 Å². The van der Waals surface area contributed by atoms with Crippen LogP contribution in [0.25, 0.3) is 11.3 Å². The van der Waals surface area contributed by atoms with Crippen molar-refractivity contribution < 1.29 is 27.8 Å². The number of anilines is 1. The smallest absolute Gasteiger partial charge is 0.482 e. The van der Waals surface area contributed by atoms with Gasteiger partial charge in [-0.05, 0) is 31.0 Å². The molecule has 0 aliphatic carbocycles. The van der Waals surface area contributed by atoms with Crippen LogP contribution in [0.15, 0.2) is 48.7 Å². The second kappa shape index (κ2) is 8.98. The number of hydrogen-bond acceptors (Lipinski definition) is 6. The first-order valence-electron chi connectivity index (χ1n) is 10.7. The van der Waals surface area contributed by atoms with E-state index in [0.717, 1.165) is 36.5 Å². The Hall–Kier alpha value is -3.60. The Balaban J connectivity index is 0.000000344. The summed E-state index contributed by atoms with van der Waals surface area (Å²) in [7, 11) is 0. The first-order valence-corrected chi connectivity index (χ1v) is 10.7. The van der Waals surface area contributed by atoms with Crippen LogP contribution < -0.4 is 15.8 Å². The zero-order valence-corrected chi connectivity index (χ0v) is 18.3. The number of benzene rings is 1. The van der Waals surface area contributed by atoms with Crippen molar-refractivity contribution in [1.29, 1.82) is 0 Å². The minimum Gasteiger partial charge on any atom is -0.482 e. The second-order valence-corrected chi connectivity index (χ2v) is 8.35. The number of halogens is 3. The lowest BCUT2D eigenvalue weighted by Gasteiger charge is -2.38. The Kier molecular flexibility index (Phi) is 6.22. The molecule has 1 aromatic carbocycles. The summed E-state index contributed by atoms with van der Waals surface area (Å²) in [5.74, 6) is -1.77. The minimum absolute atomic E-state index is 0.109. The normalized spacial score (nSPS) is 16.7. The van der Waals surface area contributed by atoms with E-state index in [-0.39, 0.29) is 11.5 Å². The molecule has 1 saturated heterocycles. The van der Waals surface area contributed by atoms with Crippen molar-refractivity contribution in [3.05, 3.63) is 59.9 Å². The maximum Gasteiger partial charge on any atom is 0.490 e. The summed E-state index contributed by atoms with van der Waals surface area (Å²) >= 11 is 0. The van der Waals surface area contributed by atoms with Gasteiger partial charge < -0.3 is 20.9 Å². The van der Waals surface area contributed by atoms with Crippen LogP contribution in [0.5, 0.6) is 5.75 Å². The van der Waals surface area contributed by atoms with Crippen LogP contribution in [0.2, 0.25) is 0 Å². The minimum atomic E-state index is -5.08. The standard InChI is InChI=1S/C21H23N5O.C2HF3O2/c1-14(15-5-3-2-4-6-15)27-18-9-16(11-24-20(18)22)17-10-19-21(12-23-13-21)7-8-26(19)25-17;3-2(4,5)1(6)7/h2-6,9-11,14,23H,7-8,12-13H2,1H3,(H2,22,24);(H,6,7). The number of pyridine rings is 1. The van der Waals surface area contributed by atoms with Crippen LogP contribution in [0.3, 0.4) is 0 Å². The third-order valence-electron chi connectivity index (χ3n) is 6.05. The van der Waals surface area contributed by atoms with Crippen LogP contribution in [0.1, 0.15) is 30.7 Å². The molecule has 180 valence electrons. The Morgan fingerprint density at radius 3 is 2.53 bits per heavy atom. The highest BCUT2D eigenvalue weighted by Gasteiger charge is 2.45. The van der Waals surface area contributed by atoms with Gasteiger partial charge in [0.05, 0.1) is 5.69 Å². The fourth-order valence-electron chi connectivity index (χ4n) is 4.06. The second-order valence-electron chi connectivity index (χ2n) is 8.35. The molecule has 0 bridgehead atoms. The average molecular weight is 475 g/mol. The fourth-order valence-corrected chi connectivity index (χ4v) is 4.06. The number of alkyl halides is 3. The number of ether oxygens (including phenoxy) is 1. The van der Waals surface area contributed by atoms with E-state index in [1.165, 1.54) is 12.1 Å². The zero-order valence-electron chi connectivity index (χ0n) is 18.3. The number of aryl methyl sites for hydroxylation is 1. The van der Waals surface area contributed by atoms with Crippen molar-refractivity contribution in [3.8, 4) is 17.0 Å². The van der Waals surface area contributed by atoms with E-state index < -0.39 is 12.1 Å². The molecule has 0 amide bonds. The molecular formula is C23H24F3N5O3. The predicted octanol–water partition coefficient (Wildman–Crippen LogP) is 3.55. The molecule has 4 N–H and O–H groups in total. The molecule has 5 rings (SSSR count). The summed E-state index contributed by atoms with van der Waals surface area (Å²) in [4.78, 5) is 13.2. The number of nitrogens with zero attached hydrogens (tertiary/aromatic N) is 3. The van der Waals surface area contributed by atoms with Gasteiger partial charge in [0.25, 0.3) is 0 Å². The number of carbonyl (C=O) groups is 1. The molecule has 11 heteroatoms. The number of aliphatic carboxylic acids is 1. The van der Waals surface area contributed by atoms with E-state index in [4.69, 9.17) is 25.5 Å². The van der Waals surface area contributed by atoms with Gasteiger partial charge in [-0.1, -0.05) is 30.3 Å². The van der Waals surface area contributed by atoms with Crippen molar-refractivity contribution >= 4 is 11.8 Å². The van der Waals surface area contributed by atoms with Crippen LogP contribution in [0, 0.1) is 0 Å². The lowest BCUT2D eigenvalue weighted by atomic mass is 9.77. The number of nitrogen functional groups attached to an aromatic ring is 1. The highest BCUT2D eigenvalue weighted by Crippen LogP contribution is 2.40. The van der Waals surface area contributed by atoms with Gasteiger partial charge >= 0.3 is 12.1 Å². The Morgan fingerprint density at radius 2 is 1.94 bits per heavy atom. The summed E-state index contributed by atoms with van der Waals surface area (Å²) in [6.07, 6.45) is -2.24. The number of fused-ring (bicyclic) bond motifs is 2. The molecule has 34 heavy (non-hydrogen) atoms. The Morgan fingerprint density at radius 1 is 1.26 bits per heavy atom. The van der Waals surface area contributed by atoms with Crippen LogP contribution >= 0.6 is 0 Å². The van der Waals surface area contributed by atoms with Gasteiger partial charge in [0.2, 0.25) is 0 Å². The average Bonchev–Trinajstić information content (AvgIpc) is 3.34. The van der Waals surface area contributed by atoms with Gasteiger partial charge in [0.1, 0.15) is 6.10 Å². The first-order chi connectivity index (χ1) is 16.1. The maximum atomic E-state index is 10.6. The molecule has 1 fully saturated rings. The summed E-state index contributed by atoms with van der Waals surface area (Å²) in [5.41, 5.74) is 10.6. The topological polar surface area (TPSA) is 115 Å². The lowest BCUT2D eigenvalue weighted by Crippen LogP contribution is -2.55. The van der Waals surface area contributed by atoms with Gasteiger partial charge in [0.15, 0.2) is 11.6 Å². The predicted molar refractivity (Wildman–Crippen MR) is 118 cm³/mol. The molecule has 2 aromatic heterocycles. The van der Waals surface area contributed by atoms with E-state index in [9.17, 15) is 13.2 Å². The molecule has 1 atom stereocenters. The summed E-state index contributed by atoms with van der Waals surface area (Å²) in [6, 6.07) is 14.2. The fraction of sp³-hybridized carbons (Fsp3) is 0.348. The van der Waals surface area contributed by atoms with Gasteiger partial charge in [0, 0.05) is 42.5 Å². The van der Waals surface area contributed by atoms with Gasteiger partial charge in [-0.3, -0.25) is 4.68 Å². The molecule has 0 radical (unpaired) electrons. The largest absolute Gasteiger partial charge is 0.490 e. The quantitative estimate of drug-likeness (QED) is 0.529. The molecule has 2 aliphatic rings. The molecular weight excluding hydrogens is 451 g/mol. The number of carboxylic acids is 1. The van der Waals surface area contributed by atoms with E-state index in [2.05, 4.69) is 21.0 Å². The van der Waals surface area contributed by atoms with E-state index in [0.29, 0.717) is 11.6 Å². The number of carboxylic acid groups (broad SMARTS) is 1. The highest BCUT2D eigenvalue weighted by molar-refractivity contribution is 5.73. The van der Waals surface area contributed by atoms with E-state index in [1.54, 1.807) is 6.20 Å². The van der Waals surface area contributed by atoms with Gasteiger partial charge in [-0.25, -0.2) is 9.78 Å². The molecule has 3 aromatic rings. The molecule has 0 saturated carbocycles. The number of nitrogens with one attached hydrogen (secondary N) is 1. The zero-order chi connectivity index (χ0) is 24.5. The van der Waals surface area contributed by atoms with Gasteiger partial charge in [-0.2, -0.15) is 18.3 Å². The van der Waals surface area contributed by atoms with Crippen molar-refractivity contribution in [1.82, 2.24) is 20.1 Å². The van der Waals surface area contributed by atoms with Crippen molar-refractivity contribution in [2.75, 3.05) is 18.8 Å². The number of nitrogens with two attached hydrogens (primary N) is 1. The van der Waals surface area contributed by atoms with Crippen molar-refractivity contribution in [2.24, 2.45) is 0 Å². The molecule has 1 spiro atoms. The number of hydrogen-bond donors (Lipinski definition) is 3. The third kappa shape index (κ3) is 4.69. The Bertz CT molecular complexity index is 1180. The van der Waals surface area contributed by atoms with E-state index >= 15 is 0 Å². The first kappa shape index (κ1) is 23.6. The molecule has 2 aliphatic heterocycles. The summed E-state index contributed by atoms with van der Waals surface area (Å²) in [5, 5.41) is 15.3. The molecule has 4 heterocycles. The van der Waals surface area contributed by atoms with Crippen molar-refractivity contribution in [3.63, 3.8) is 0 Å². The van der Waals surface area contributed by atoms with Crippen LogP contribution in [-0.2, 0) is 16.8 Å². The lowest BCUT2D eigenvalue weighted by molar-refractivity contribution is -0.192. The molecule has 8 nitrogen and oxygen atoms in total. The summed E-state index contributed by atoms with van der Waals surface area (Å²) < 4.78 is 40.0. The number of aromatic nitrogens is 3. The summed E-state index contributed by atoms with van der Waals surface area (Å²) in [6.45, 7) is 5.08. The molecule has 1 unspecified atom stereocenters. The maximum absolute atomic E-state index is 10.6. The third-order valence-corrected chi connectivity index (χ3v) is 6.05. The van der Waals surface area contributed by atoms with Gasteiger partial charge in [-0.15, -0.1) is 0 Å². The van der Waals surface area contributed by atoms with Crippen LogP contribution in [0.4, 0.5) is 19.0 Å². The van der Waals surface area contributed by atoms with Crippen LogP contribution in [-0.4, -0.2) is 45.1 Å². The monoisotopic (exact) mass is 475 g/mol. The highest BCUT2D eigenvalue weighted by atomic mass is 19.4. The number of rotatable bonds is 4. The Labute approximate surface area is 193 Å². The SMILES string of the molecule is CC(Oc1cc(-c2cc3n(n2)CCC32CNC2)cnc1N)c1ccccc1.O=C(O)C(F)(F)F.